The second-order valence-corrected chi connectivity index (χ2v) is 6.72. The normalized spacial score (nSPS) is 17.5. The van der Waals surface area contributed by atoms with Crippen LogP contribution in [0.2, 0.25) is 0 Å². The Morgan fingerprint density at radius 2 is 1.88 bits per heavy atom. The Hall–Kier alpha value is -0.980. The first-order valence-corrected chi connectivity index (χ1v) is 9.58. The predicted molar refractivity (Wildman–Crippen MR) is 120 cm³/mol. The Morgan fingerprint density at radius 3 is 2.52 bits per heavy atom. The molecule has 0 bridgehead atoms. The largest absolute Gasteiger partial charge is 0.371 e. The van der Waals surface area contributed by atoms with Crippen molar-refractivity contribution in [2.75, 3.05) is 37.6 Å². The second-order valence-electron chi connectivity index (χ2n) is 6.72. The zero-order chi connectivity index (χ0) is 17.2. The van der Waals surface area contributed by atoms with Crippen molar-refractivity contribution < 1.29 is 0 Å². The van der Waals surface area contributed by atoms with Gasteiger partial charge in [-0.25, -0.2) is 0 Å². The number of para-hydroxylation sites is 1. The van der Waals surface area contributed by atoms with Crippen molar-refractivity contribution in [3.8, 4) is 0 Å². The van der Waals surface area contributed by atoms with Gasteiger partial charge in [-0.15, -0.1) is 24.0 Å². The lowest BCUT2D eigenvalue weighted by atomic mass is 10.0. The molecule has 0 saturated carbocycles. The average Bonchev–Trinajstić information content (AvgIpc) is 3.10. The van der Waals surface area contributed by atoms with Gasteiger partial charge in [0.1, 0.15) is 0 Å². The van der Waals surface area contributed by atoms with E-state index in [1.807, 2.05) is 0 Å². The molecule has 2 rings (SSSR count). The molecule has 5 heteroatoms. The van der Waals surface area contributed by atoms with Gasteiger partial charge in [0.2, 0.25) is 0 Å². The van der Waals surface area contributed by atoms with E-state index in [-0.39, 0.29) is 24.0 Å². The number of nitrogens with one attached hydrogen (secondary N) is 2. The van der Waals surface area contributed by atoms with Crippen LogP contribution in [0.15, 0.2) is 35.3 Å². The summed E-state index contributed by atoms with van der Waals surface area (Å²) in [5.41, 5.74) is 1.34. The van der Waals surface area contributed by atoms with Crippen molar-refractivity contribution in [2.45, 2.75) is 40.0 Å². The second kappa shape index (κ2) is 12.4. The molecular weight excluding hydrogens is 423 g/mol. The van der Waals surface area contributed by atoms with E-state index in [0.29, 0.717) is 11.8 Å². The van der Waals surface area contributed by atoms with E-state index in [0.717, 1.165) is 38.7 Å². The van der Waals surface area contributed by atoms with Gasteiger partial charge in [-0.05, 0) is 37.3 Å². The van der Waals surface area contributed by atoms with Gasteiger partial charge in [-0.1, -0.05) is 44.9 Å². The summed E-state index contributed by atoms with van der Waals surface area (Å²) >= 11 is 0. The highest BCUT2D eigenvalue weighted by atomic mass is 127. The van der Waals surface area contributed by atoms with Crippen molar-refractivity contribution in [3.63, 3.8) is 0 Å². The number of hydrogen-bond acceptors (Lipinski definition) is 2. The Morgan fingerprint density at radius 1 is 1.16 bits per heavy atom. The minimum atomic E-state index is 0. The zero-order valence-electron chi connectivity index (χ0n) is 16.0. The van der Waals surface area contributed by atoms with E-state index < -0.39 is 0 Å². The number of nitrogens with zero attached hydrogens (tertiary/aromatic N) is 2. The van der Waals surface area contributed by atoms with Gasteiger partial charge in [-0.2, -0.15) is 0 Å². The molecule has 1 fully saturated rings. The van der Waals surface area contributed by atoms with Crippen LogP contribution >= 0.6 is 24.0 Å². The molecule has 1 saturated heterocycles. The molecule has 1 aliphatic rings. The molecule has 0 aliphatic carbocycles. The summed E-state index contributed by atoms with van der Waals surface area (Å²) in [5, 5.41) is 6.93. The van der Waals surface area contributed by atoms with Gasteiger partial charge >= 0.3 is 0 Å². The third kappa shape index (κ3) is 7.42. The van der Waals surface area contributed by atoms with Gasteiger partial charge in [0.05, 0.1) is 0 Å². The van der Waals surface area contributed by atoms with Crippen LogP contribution in [0.25, 0.3) is 0 Å². The molecule has 0 aromatic heterocycles. The molecule has 1 atom stereocenters. The Balaban J connectivity index is 0.00000312. The van der Waals surface area contributed by atoms with E-state index in [1.54, 1.807) is 0 Å². The summed E-state index contributed by atoms with van der Waals surface area (Å²) in [6.45, 7) is 11.7. The van der Waals surface area contributed by atoms with Gasteiger partial charge in [0.25, 0.3) is 0 Å². The molecule has 1 aromatic rings. The molecule has 1 aliphatic heterocycles. The number of halogens is 1. The molecule has 0 spiro atoms. The fraction of sp³-hybridized carbons (Fsp3) is 0.650. The monoisotopic (exact) mass is 458 g/mol. The molecule has 142 valence electrons. The Bertz CT molecular complexity index is 488. The molecule has 2 N–H and O–H groups in total. The van der Waals surface area contributed by atoms with E-state index in [9.17, 15) is 0 Å². The summed E-state index contributed by atoms with van der Waals surface area (Å²) in [7, 11) is 0. The van der Waals surface area contributed by atoms with Crippen molar-refractivity contribution in [2.24, 2.45) is 16.8 Å². The molecule has 0 radical (unpaired) electrons. The number of anilines is 1. The number of aliphatic imine (C=N–C) groups is 1. The number of benzene rings is 1. The van der Waals surface area contributed by atoms with Crippen molar-refractivity contribution >= 4 is 35.6 Å². The Kier molecular flexibility index (Phi) is 10.9. The van der Waals surface area contributed by atoms with E-state index in [2.05, 4.69) is 66.6 Å². The smallest absolute Gasteiger partial charge is 0.191 e. The first-order valence-electron chi connectivity index (χ1n) is 9.58. The lowest BCUT2D eigenvalue weighted by Crippen LogP contribution is -2.40. The van der Waals surface area contributed by atoms with Crippen LogP contribution in [0.3, 0.4) is 0 Å². The zero-order valence-corrected chi connectivity index (χ0v) is 18.3. The standard InChI is InChI=1S/C20H34N4.HI/c1-4-17(5-2)14-22-20(21-6-3)23-15-18-12-13-24(16-18)19-10-8-7-9-11-19;/h7-11,17-18H,4-6,12-16H2,1-3H3,(H2,21,22,23);1H. The van der Waals surface area contributed by atoms with E-state index in [1.165, 1.54) is 24.9 Å². The lowest BCUT2D eigenvalue weighted by molar-refractivity contribution is 0.502. The topological polar surface area (TPSA) is 39.7 Å². The van der Waals surface area contributed by atoms with Crippen LogP contribution < -0.4 is 15.5 Å². The van der Waals surface area contributed by atoms with Crippen molar-refractivity contribution in [3.05, 3.63) is 30.3 Å². The van der Waals surface area contributed by atoms with E-state index in [4.69, 9.17) is 4.99 Å². The van der Waals surface area contributed by atoms with Crippen LogP contribution in [0.5, 0.6) is 0 Å². The fourth-order valence-corrected chi connectivity index (χ4v) is 3.22. The maximum Gasteiger partial charge on any atom is 0.191 e. The molecule has 25 heavy (non-hydrogen) atoms. The van der Waals surface area contributed by atoms with Gasteiger partial charge < -0.3 is 15.5 Å². The molecule has 1 aromatic carbocycles. The molecule has 1 unspecified atom stereocenters. The van der Waals surface area contributed by atoms with Gasteiger partial charge in [-0.3, -0.25) is 4.99 Å². The summed E-state index contributed by atoms with van der Waals surface area (Å²) in [4.78, 5) is 7.26. The third-order valence-electron chi connectivity index (χ3n) is 4.97. The minimum Gasteiger partial charge on any atom is -0.371 e. The first kappa shape index (κ1) is 22.1. The molecular formula is C20H35IN4. The molecule has 0 amide bonds. The number of hydrogen-bond donors (Lipinski definition) is 2. The number of guanidine groups is 1. The minimum absolute atomic E-state index is 0. The predicted octanol–water partition coefficient (Wildman–Crippen LogP) is 4.12. The maximum absolute atomic E-state index is 4.77. The lowest BCUT2D eigenvalue weighted by Gasteiger charge is -2.19. The highest BCUT2D eigenvalue weighted by Crippen LogP contribution is 2.22. The molecule has 1 heterocycles. The molecule has 4 nitrogen and oxygen atoms in total. The van der Waals surface area contributed by atoms with Gasteiger partial charge in [0.15, 0.2) is 5.96 Å². The van der Waals surface area contributed by atoms with E-state index >= 15 is 0 Å². The van der Waals surface area contributed by atoms with Crippen LogP contribution in [0.4, 0.5) is 5.69 Å². The first-order chi connectivity index (χ1) is 11.8. The van der Waals surface area contributed by atoms with Crippen LogP contribution in [0.1, 0.15) is 40.0 Å². The summed E-state index contributed by atoms with van der Waals surface area (Å²) in [6.07, 6.45) is 3.65. The average molecular weight is 458 g/mol. The quantitative estimate of drug-likeness (QED) is 0.350. The maximum atomic E-state index is 4.77. The third-order valence-corrected chi connectivity index (χ3v) is 4.97. The SMILES string of the molecule is CCNC(=NCC(CC)CC)NCC1CCN(c2ccccc2)C1.I. The van der Waals surface area contributed by atoms with Crippen LogP contribution in [0, 0.1) is 11.8 Å². The fourth-order valence-electron chi connectivity index (χ4n) is 3.22. The van der Waals surface area contributed by atoms with Crippen molar-refractivity contribution in [1.29, 1.82) is 0 Å². The summed E-state index contributed by atoms with van der Waals surface area (Å²) < 4.78 is 0. The Labute approximate surface area is 170 Å². The number of rotatable bonds is 8. The summed E-state index contributed by atoms with van der Waals surface area (Å²) in [5.74, 6) is 2.35. The van der Waals surface area contributed by atoms with Gasteiger partial charge in [0, 0.05) is 38.4 Å². The van der Waals surface area contributed by atoms with Crippen LogP contribution in [-0.4, -0.2) is 38.7 Å². The highest BCUT2D eigenvalue weighted by Gasteiger charge is 2.22. The van der Waals surface area contributed by atoms with Crippen molar-refractivity contribution in [1.82, 2.24) is 10.6 Å². The summed E-state index contributed by atoms with van der Waals surface area (Å²) in [6, 6.07) is 10.7. The highest BCUT2D eigenvalue weighted by molar-refractivity contribution is 14.0. The van der Waals surface area contributed by atoms with Crippen LogP contribution in [-0.2, 0) is 0 Å².